The predicted octanol–water partition coefficient (Wildman–Crippen LogP) is 0.203. The van der Waals surface area contributed by atoms with Gasteiger partial charge >= 0.3 is 0 Å². The lowest BCUT2D eigenvalue weighted by atomic mass is 9.97. The van der Waals surface area contributed by atoms with E-state index in [4.69, 9.17) is 5.26 Å². The molecule has 0 bridgehead atoms. The van der Waals surface area contributed by atoms with Gasteiger partial charge in [-0.2, -0.15) is 5.26 Å². The maximum atomic E-state index is 11.8. The van der Waals surface area contributed by atoms with E-state index in [0.29, 0.717) is 0 Å². The van der Waals surface area contributed by atoms with Crippen molar-refractivity contribution in [2.45, 2.75) is 18.7 Å². The summed E-state index contributed by atoms with van der Waals surface area (Å²) in [6.07, 6.45) is 2.46. The predicted molar refractivity (Wildman–Crippen MR) is 61.6 cm³/mol. The van der Waals surface area contributed by atoms with Gasteiger partial charge in [0.15, 0.2) is 0 Å². The molecule has 1 aromatic heterocycles. The van der Waals surface area contributed by atoms with Gasteiger partial charge in [-0.05, 0) is 13.8 Å². The Hall–Kier alpha value is -1.65. The monoisotopic (exact) mass is 255 g/mol. The number of nitrogens with zero attached hydrogens (tertiary/aromatic N) is 1. The van der Waals surface area contributed by atoms with Crippen molar-refractivity contribution in [2.24, 2.45) is 5.41 Å². The number of aromatic amines is 1. The van der Waals surface area contributed by atoms with Gasteiger partial charge in [-0.15, -0.1) is 0 Å². The Morgan fingerprint density at radius 2 is 2.18 bits per heavy atom. The van der Waals surface area contributed by atoms with Crippen LogP contribution < -0.4 is 10.2 Å². The lowest BCUT2D eigenvalue weighted by Crippen LogP contribution is -2.35. The number of nitrogens with one attached hydrogen (secondary N) is 2. The first-order valence-electron chi connectivity index (χ1n) is 4.86. The van der Waals surface area contributed by atoms with Crippen molar-refractivity contribution in [3.05, 3.63) is 28.7 Å². The molecule has 1 heterocycles. The Morgan fingerprint density at radius 3 is 2.71 bits per heavy atom. The summed E-state index contributed by atoms with van der Waals surface area (Å²) in [5.41, 5.74) is -1.42. The van der Waals surface area contributed by atoms with Gasteiger partial charge in [0.1, 0.15) is 4.90 Å². The summed E-state index contributed by atoms with van der Waals surface area (Å²) in [6.45, 7) is 3.15. The third kappa shape index (κ3) is 3.41. The van der Waals surface area contributed by atoms with Gasteiger partial charge in [-0.1, -0.05) is 0 Å². The molecular weight excluding hydrogens is 242 g/mol. The fourth-order valence-corrected chi connectivity index (χ4v) is 2.27. The minimum Gasteiger partial charge on any atom is -0.366 e. The lowest BCUT2D eigenvalue weighted by Gasteiger charge is -2.15. The highest BCUT2D eigenvalue weighted by Gasteiger charge is 2.23. The van der Waals surface area contributed by atoms with Crippen LogP contribution in [-0.4, -0.2) is 19.9 Å². The molecule has 0 atom stereocenters. The molecule has 92 valence electrons. The summed E-state index contributed by atoms with van der Waals surface area (Å²) >= 11 is 0. The molecule has 0 unspecified atom stereocenters. The molecule has 0 radical (unpaired) electrons. The molecule has 0 amide bonds. The summed E-state index contributed by atoms with van der Waals surface area (Å²) in [5, 5.41) is 8.76. The molecule has 6 nitrogen and oxygen atoms in total. The van der Waals surface area contributed by atoms with Gasteiger partial charge in [0, 0.05) is 25.0 Å². The molecular formula is C10H13N3O3S. The maximum absolute atomic E-state index is 11.8. The van der Waals surface area contributed by atoms with Gasteiger partial charge in [-0.25, -0.2) is 13.1 Å². The molecule has 0 fully saturated rings. The molecule has 7 heteroatoms. The molecule has 0 saturated heterocycles. The summed E-state index contributed by atoms with van der Waals surface area (Å²) in [5.74, 6) is 0. The number of hydrogen-bond acceptors (Lipinski definition) is 4. The molecule has 0 aliphatic rings. The quantitative estimate of drug-likeness (QED) is 0.802. The van der Waals surface area contributed by atoms with Crippen molar-refractivity contribution in [1.82, 2.24) is 9.71 Å². The van der Waals surface area contributed by atoms with E-state index in [-0.39, 0.29) is 11.4 Å². The van der Waals surface area contributed by atoms with Gasteiger partial charge in [-0.3, -0.25) is 4.79 Å². The van der Waals surface area contributed by atoms with E-state index in [1.165, 1.54) is 6.20 Å². The van der Waals surface area contributed by atoms with Gasteiger partial charge < -0.3 is 4.98 Å². The van der Waals surface area contributed by atoms with Crippen molar-refractivity contribution >= 4 is 10.0 Å². The number of hydrogen-bond donors (Lipinski definition) is 2. The highest BCUT2D eigenvalue weighted by atomic mass is 32.2. The Kier molecular flexibility index (Phi) is 3.70. The number of aromatic nitrogens is 1. The number of H-pyrrole nitrogens is 1. The average Bonchev–Trinajstić information content (AvgIpc) is 2.27. The molecule has 1 aromatic rings. The van der Waals surface area contributed by atoms with Crippen LogP contribution in [0, 0.1) is 16.7 Å². The minimum absolute atomic E-state index is 0.0554. The molecule has 0 aliphatic carbocycles. The number of sulfonamides is 1. The largest absolute Gasteiger partial charge is 0.366 e. The molecule has 2 N–H and O–H groups in total. The zero-order chi connectivity index (χ0) is 13.1. The van der Waals surface area contributed by atoms with Crippen molar-refractivity contribution in [3.8, 4) is 6.07 Å². The minimum atomic E-state index is -3.88. The highest BCUT2D eigenvalue weighted by molar-refractivity contribution is 7.89. The second kappa shape index (κ2) is 4.69. The summed E-state index contributed by atoms with van der Waals surface area (Å²) in [7, 11) is -3.88. The van der Waals surface area contributed by atoms with Crippen LogP contribution in [0.1, 0.15) is 13.8 Å². The standard InChI is InChI=1S/C10H13N3O3S/c1-10(2,6-11)7-13-17(15,16)9-5-12-4-3-8(9)14/h3-5,13H,7H2,1-2H3,(H,12,14). The first-order chi connectivity index (χ1) is 7.78. The first-order valence-corrected chi connectivity index (χ1v) is 6.35. The molecule has 17 heavy (non-hydrogen) atoms. The van der Waals surface area contributed by atoms with E-state index in [1.807, 2.05) is 6.07 Å². The van der Waals surface area contributed by atoms with E-state index in [9.17, 15) is 13.2 Å². The van der Waals surface area contributed by atoms with Crippen molar-refractivity contribution < 1.29 is 8.42 Å². The fourth-order valence-electron chi connectivity index (χ4n) is 1.00. The molecule has 0 aromatic carbocycles. The average molecular weight is 255 g/mol. The second-order valence-electron chi connectivity index (χ2n) is 4.19. The Labute approximate surface area is 99.3 Å². The molecule has 1 rings (SSSR count). The summed E-state index contributed by atoms with van der Waals surface area (Å²) < 4.78 is 25.8. The van der Waals surface area contributed by atoms with E-state index in [2.05, 4.69) is 9.71 Å². The van der Waals surface area contributed by atoms with Crippen LogP contribution in [0.25, 0.3) is 0 Å². The van der Waals surface area contributed by atoms with E-state index >= 15 is 0 Å². The maximum Gasteiger partial charge on any atom is 0.245 e. The van der Waals surface area contributed by atoms with E-state index < -0.39 is 20.9 Å². The van der Waals surface area contributed by atoms with Gasteiger partial charge in [0.05, 0.1) is 11.5 Å². The highest BCUT2D eigenvalue weighted by Crippen LogP contribution is 2.12. The van der Waals surface area contributed by atoms with Crippen LogP contribution in [0.4, 0.5) is 0 Å². The third-order valence-electron chi connectivity index (χ3n) is 2.08. The van der Waals surface area contributed by atoms with Crippen molar-refractivity contribution in [3.63, 3.8) is 0 Å². The number of rotatable bonds is 4. The summed E-state index contributed by atoms with van der Waals surface area (Å²) in [6, 6.07) is 3.10. The molecule has 0 aliphatic heterocycles. The third-order valence-corrected chi connectivity index (χ3v) is 3.51. The molecule has 0 spiro atoms. The first kappa shape index (κ1) is 13.4. The smallest absolute Gasteiger partial charge is 0.245 e. The topological polar surface area (TPSA) is 103 Å². The van der Waals surface area contributed by atoms with Crippen LogP contribution in [-0.2, 0) is 10.0 Å². The van der Waals surface area contributed by atoms with Crippen LogP contribution >= 0.6 is 0 Å². The SMILES string of the molecule is CC(C)(C#N)CNS(=O)(=O)c1c[nH]ccc1=O. The summed E-state index contributed by atoms with van der Waals surface area (Å²) in [4.78, 5) is 13.5. The zero-order valence-corrected chi connectivity index (χ0v) is 10.3. The van der Waals surface area contributed by atoms with Gasteiger partial charge in [0.2, 0.25) is 15.5 Å². The number of nitriles is 1. The van der Waals surface area contributed by atoms with Crippen LogP contribution in [0.2, 0.25) is 0 Å². The Bertz CT molecular complexity index is 596. The van der Waals surface area contributed by atoms with E-state index in [1.54, 1.807) is 13.8 Å². The molecule has 0 saturated carbocycles. The Balaban J connectivity index is 2.97. The normalized spacial score (nSPS) is 12.1. The van der Waals surface area contributed by atoms with Crippen LogP contribution in [0.15, 0.2) is 28.2 Å². The van der Waals surface area contributed by atoms with Crippen molar-refractivity contribution in [1.29, 1.82) is 5.26 Å². The zero-order valence-electron chi connectivity index (χ0n) is 9.52. The second-order valence-corrected chi connectivity index (χ2v) is 5.93. The fraction of sp³-hybridized carbons (Fsp3) is 0.400. The Morgan fingerprint density at radius 1 is 1.53 bits per heavy atom. The van der Waals surface area contributed by atoms with Crippen molar-refractivity contribution in [2.75, 3.05) is 6.54 Å². The van der Waals surface area contributed by atoms with Gasteiger partial charge in [0.25, 0.3) is 0 Å². The van der Waals surface area contributed by atoms with Crippen LogP contribution in [0.5, 0.6) is 0 Å². The van der Waals surface area contributed by atoms with E-state index in [0.717, 1.165) is 12.3 Å². The number of pyridine rings is 1. The van der Waals surface area contributed by atoms with Crippen LogP contribution in [0.3, 0.4) is 0 Å². The lowest BCUT2D eigenvalue weighted by molar-refractivity contribution is 0.478.